The number of aryl methyl sites for hydroxylation is 2. The van der Waals surface area contributed by atoms with E-state index in [1.165, 1.54) is 30.4 Å². The second kappa shape index (κ2) is 6.49. The molecule has 7 heteroatoms. The number of esters is 1. The molecule has 0 N–H and O–H groups in total. The molecule has 2 aromatic heterocycles. The number of anilines is 2. The standard InChI is InChI=1S/C20H19N3O3S/c1-25-20(24)15-10-23(13-7-3-4-8-14(13)26-15)18-17-12-6-2-5-9-16(12)27-19(17)22-11-21-18/h3-4,7-8,11,15H,2,5-6,9-10H2,1H3/t15-/m1/s1. The molecular weight excluding hydrogens is 362 g/mol. The number of aromatic nitrogens is 2. The highest BCUT2D eigenvalue weighted by Crippen LogP contribution is 2.44. The van der Waals surface area contributed by atoms with Crippen molar-refractivity contribution in [2.24, 2.45) is 0 Å². The van der Waals surface area contributed by atoms with Crippen LogP contribution in [0.25, 0.3) is 10.2 Å². The minimum absolute atomic E-state index is 0.362. The van der Waals surface area contributed by atoms with E-state index >= 15 is 0 Å². The number of hydrogen-bond acceptors (Lipinski definition) is 7. The summed E-state index contributed by atoms with van der Waals surface area (Å²) in [5.41, 5.74) is 2.28. The predicted molar refractivity (Wildman–Crippen MR) is 104 cm³/mol. The Labute approximate surface area is 160 Å². The second-order valence-electron chi connectivity index (χ2n) is 6.80. The first-order valence-corrected chi connectivity index (χ1v) is 9.94. The van der Waals surface area contributed by atoms with E-state index in [-0.39, 0.29) is 5.97 Å². The quantitative estimate of drug-likeness (QED) is 0.632. The van der Waals surface area contributed by atoms with Crippen LogP contribution >= 0.6 is 11.3 Å². The van der Waals surface area contributed by atoms with E-state index in [9.17, 15) is 4.79 Å². The van der Waals surface area contributed by atoms with Crippen molar-refractivity contribution < 1.29 is 14.3 Å². The van der Waals surface area contributed by atoms with Crippen molar-refractivity contribution in [3.05, 3.63) is 41.0 Å². The maximum atomic E-state index is 12.2. The summed E-state index contributed by atoms with van der Waals surface area (Å²) >= 11 is 1.77. The van der Waals surface area contributed by atoms with E-state index < -0.39 is 6.10 Å². The highest BCUT2D eigenvalue weighted by molar-refractivity contribution is 7.19. The fourth-order valence-corrected chi connectivity index (χ4v) is 5.19. The third-order valence-electron chi connectivity index (χ3n) is 5.22. The van der Waals surface area contributed by atoms with Crippen LogP contribution in [0.2, 0.25) is 0 Å². The first-order chi connectivity index (χ1) is 13.3. The molecule has 27 heavy (non-hydrogen) atoms. The SMILES string of the molecule is COC(=O)[C@H]1CN(c2ncnc3sc4c(c23)CCCC4)c2ccccc2O1. The third-order valence-corrected chi connectivity index (χ3v) is 6.42. The fourth-order valence-electron chi connectivity index (χ4n) is 3.97. The largest absolute Gasteiger partial charge is 0.475 e. The van der Waals surface area contributed by atoms with Gasteiger partial charge in [-0.15, -0.1) is 11.3 Å². The molecule has 6 nitrogen and oxygen atoms in total. The number of fused-ring (bicyclic) bond motifs is 4. The minimum Gasteiger partial charge on any atom is -0.475 e. The summed E-state index contributed by atoms with van der Waals surface area (Å²) < 4.78 is 10.8. The summed E-state index contributed by atoms with van der Waals surface area (Å²) in [7, 11) is 1.38. The molecule has 0 saturated heterocycles. The maximum absolute atomic E-state index is 12.2. The zero-order valence-corrected chi connectivity index (χ0v) is 15.8. The molecule has 5 rings (SSSR count). The van der Waals surface area contributed by atoms with E-state index in [1.54, 1.807) is 17.7 Å². The van der Waals surface area contributed by atoms with E-state index in [0.29, 0.717) is 12.3 Å². The molecule has 1 aromatic carbocycles. The summed E-state index contributed by atoms with van der Waals surface area (Å²) in [6.45, 7) is 0.362. The van der Waals surface area contributed by atoms with E-state index in [1.807, 2.05) is 24.3 Å². The first kappa shape index (κ1) is 16.5. The van der Waals surface area contributed by atoms with Crippen molar-refractivity contribution in [1.29, 1.82) is 0 Å². The molecule has 0 amide bonds. The lowest BCUT2D eigenvalue weighted by atomic mass is 9.96. The third kappa shape index (κ3) is 2.65. The number of hydrogen-bond donors (Lipinski definition) is 0. The topological polar surface area (TPSA) is 64.5 Å². The van der Waals surface area contributed by atoms with Crippen LogP contribution in [0.4, 0.5) is 11.5 Å². The Kier molecular flexibility index (Phi) is 3.97. The van der Waals surface area contributed by atoms with Gasteiger partial charge in [-0.25, -0.2) is 14.8 Å². The van der Waals surface area contributed by atoms with Gasteiger partial charge in [0.25, 0.3) is 0 Å². The summed E-state index contributed by atoms with van der Waals surface area (Å²) in [5.74, 6) is 1.13. The lowest BCUT2D eigenvalue weighted by Gasteiger charge is -2.34. The van der Waals surface area contributed by atoms with Crippen molar-refractivity contribution in [3.8, 4) is 5.75 Å². The van der Waals surface area contributed by atoms with Gasteiger partial charge in [-0.3, -0.25) is 0 Å². The van der Waals surface area contributed by atoms with Gasteiger partial charge in [-0.2, -0.15) is 0 Å². The zero-order chi connectivity index (χ0) is 18.4. The number of nitrogens with zero attached hydrogens (tertiary/aromatic N) is 3. The van der Waals surface area contributed by atoms with Crippen LogP contribution in [0.1, 0.15) is 23.3 Å². The molecular formula is C20H19N3O3S. The van der Waals surface area contributed by atoms with Crippen LogP contribution in [0.5, 0.6) is 5.75 Å². The Hall–Kier alpha value is -2.67. The van der Waals surface area contributed by atoms with Crippen LogP contribution in [0.3, 0.4) is 0 Å². The fraction of sp³-hybridized carbons (Fsp3) is 0.350. The Morgan fingerprint density at radius 2 is 2.11 bits per heavy atom. The molecule has 0 fully saturated rings. The van der Waals surface area contributed by atoms with Gasteiger partial charge in [0.15, 0.2) is 0 Å². The van der Waals surface area contributed by atoms with Gasteiger partial charge in [0.2, 0.25) is 6.10 Å². The molecule has 0 spiro atoms. The number of carbonyl (C=O) groups excluding carboxylic acids is 1. The zero-order valence-electron chi connectivity index (χ0n) is 15.0. The summed E-state index contributed by atoms with van der Waals surface area (Å²) in [5, 5.41) is 1.12. The van der Waals surface area contributed by atoms with Crippen LogP contribution in [-0.2, 0) is 22.4 Å². The number of para-hydroxylation sites is 2. The van der Waals surface area contributed by atoms with Gasteiger partial charge in [0.1, 0.15) is 22.7 Å². The predicted octanol–water partition coefficient (Wildman–Crippen LogP) is 3.64. The van der Waals surface area contributed by atoms with Crippen molar-refractivity contribution in [1.82, 2.24) is 9.97 Å². The Balaban J connectivity index is 1.69. The number of carbonyl (C=O) groups is 1. The molecule has 3 aromatic rings. The molecule has 1 atom stereocenters. The molecule has 138 valence electrons. The Morgan fingerprint density at radius 3 is 3.00 bits per heavy atom. The Morgan fingerprint density at radius 1 is 1.26 bits per heavy atom. The van der Waals surface area contributed by atoms with Gasteiger partial charge in [-0.1, -0.05) is 12.1 Å². The molecule has 0 radical (unpaired) electrons. The average Bonchev–Trinajstić information content (AvgIpc) is 3.11. The number of methoxy groups -OCH3 is 1. The molecule has 1 aliphatic carbocycles. The minimum atomic E-state index is -0.690. The first-order valence-electron chi connectivity index (χ1n) is 9.12. The lowest BCUT2D eigenvalue weighted by Crippen LogP contribution is -2.43. The van der Waals surface area contributed by atoms with Crippen LogP contribution in [0.15, 0.2) is 30.6 Å². The van der Waals surface area contributed by atoms with E-state index in [2.05, 4.69) is 14.9 Å². The number of benzene rings is 1. The lowest BCUT2D eigenvalue weighted by molar-refractivity contribution is -0.148. The molecule has 3 heterocycles. The molecule has 0 bridgehead atoms. The van der Waals surface area contributed by atoms with Gasteiger partial charge in [-0.05, 0) is 43.4 Å². The van der Waals surface area contributed by atoms with E-state index in [4.69, 9.17) is 9.47 Å². The van der Waals surface area contributed by atoms with Crippen molar-refractivity contribution in [2.45, 2.75) is 31.8 Å². The summed E-state index contributed by atoms with van der Waals surface area (Å²) in [4.78, 5) is 25.9. The monoisotopic (exact) mass is 381 g/mol. The van der Waals surface area contributed by atoms with Gasteiger partial charge < -0.3 is 14.4 Å². The summed E-state index contributed by atoms with van der Waals surface area (Å²) in [6.07, 6.45) is 5.52. The van der Waals surface area contributed by atoms with Crippen molar-refractivity contribution in [2.75, 3.05) is 18.6 Å². The second-order valence-corrected chi connectivity index (χ2v) is 7.88. The number of rotatable bonds is 2. The molecule has 2 aliphatic rings. The highest BCUT2D eigenvalue weighted by atomic mass is 32.1. The normalized spacial score (nSPS) is 18.6. The van der Waals surface area contributed by atoms with Crippen molar-refractivity contribution >= 4 is 39.0 Å². The average molecular weight is 381 g/mol. The van der Waals surface area contributed by atoms with Gasteiger partial charge >= 0.3 is 5.97 Å². The molecule has 0 saturated carbocycles. The van der Waals surface area contributed by atoms with E-state index in [0.717, 1.165) is 34.6 Å². The number of thiophene rings is 1. The van der Waals surface area contributed by atoms with Crippen LogP contribution < -0.4 is 9.64 Å². The van der Waals surface area contributed by atoms with Gasteiger partial charge in [0, 0.05) is 4.88 Å². The van der Waals surface area contributed by atoms with Gasteiger partial charge in [0.05, 0.1) is 24.7 Å². The summed E-state index contributed by atoms with van der Waals surface area (Å²) in [6, 6.07) is 7.74. The molecule has 0 unspecified atom stereocenters. The number of ether oxygens (including phenoxy) is 2. The van der Waals surface area contributed by atoms with Crippen molar-refractivity contribution in [3.63, 3.8) is 0 Å². The smallest absolute Gasteiger partial charge is 0.348 e. The van der Waals surface area contributed by atoms with Crippen LogP contribution in [-0.4, -0.2) is 35.7 Å². The maximum Gasteiger partial charge on any atom is 0.348 e. The Bertz CT molecular complexity index is 1030. The molecule has 1 aliphatic heterocycles. The highest BCUT2D eigenvalue weighted by Gasteiger charge is 2.34. The van der Waals surface area contributed by atoms with Crippen LogP contribution in [0, 0.1) is 0 Å².